The van der Waals surface area contributed by atoms with Gasteiger partial charge in [0.1, 0.15) is 0 Å². The van der Waals surface area contributed by atoms with Gasteiger partial charge in [-0.1, -0.05) is 29.3 Å². The number of aryl methyl sites for hydroxylation is 1. The van der Waals surface area contributed by atoms with Gasteiger partial charge in [0, 0.05) is 30.5 Å². The lowest BCUT2D eigenvalue weighted by Gasteiger charge is -2.24. The monoisotopic (exact) mass is 446 g/mol. The molecule has 0 bridgehead atoms. The second kappa shape index (κ2) is 9.92. The molecule has 1 aromatic heterocycles. The SMILES string of the molecule is COc1ccc(CCN(Cc2cccn2C)C(=O)c2ccc(Cl)cc2Cl)cc1OC. The number of nitrogens with zero attached hydrogens (tertiary/aromatic N) is 2. The van der Waals surface area contributed by atoms with Gasteiger partial charge < -0.3 is 18.9 Å². The molecule has 0 aliphatic heterocycles. The molecular weight excluding hydrogens is 423 g/mol. The molecule has 0 aliphatic rings. The molecule has 30 heavy (non-hydrogen) atoms. The molecule has 0 saturated heterocycles. The lowest BCUT2D eigenvalue weighted by Crippen LogP contribution is -2.33. The number of rotatable bonds is 8. The van der Waals surface area contributed by atoms with Crippen molar-refractivity contribution in [3.8, 4) is 11.5 Å². The van der Waals surface area contributed by atoms with E-state index < -0.39 is 0 Å². The van der Waals surface area contributed by atoms with E-state index in [0.29, 0.717) is 46.6 Å². The van der Waals surface area contributed by atoms with Crippen LogP contribution in [0.4, 0.5) is 0 Å². The highest BCUT2D eigenvalue weighted by Gasteiger charge is 2.20. The number of hydrogen-bond acceptors (Lipinski definition) is 3. The third-order valence-electron chi connectivity index (χ3n) is 4.97. The van der Waals surface area contributed by atoms with Crippen LogP contribution in [-0.2, 0) is 20.0 Å². The number of amides is 1. The topological polar surface area (TPSA) is 43.7 Å². The van der Waals surface area contributed by atoms with E-state index in [-0.39, 0.29) is 5.91 Å². The molecule has 158 valence electrons. The molecule has 0 saturated carbocycles. The Bertz CT molecular complexity index is 1030. The number of ether oxygens (including phenoxy) is 2. The quantitative estimate of drug-likeness (QED) is 0.475. The van der Waals surface area contributed by atoms with Crippen LogP contribution in [-0.4, -0.2) is 36.1 Å². The van der Waals surface area contributed by atoms with Crippen LogP contribution < -0.4 is 9.47 Å². The molecule has 0 unspecified atom stereocenters. The summed E-state index contributed by atoms with van der Waals surface area (Å²) in [6.07, 6.45) is 2.61. The van der Waals surface area contributed by atoms with Crippen LogP contribution in [0.5, 0.6) is 11.5 Å². The Morgan fingerprint density at radius 1 is 1.03 bits per heavy atom. The fourth-order valence-electron chi connectivity index (χ4n) is 3.24. The average Bonchev–Trinajstić information content (AvgIpc) is 3.14. The maximum atomic E-state index is 13.3. The van der Waals surface area contributed by atoms with Crippen LogP contribution in [0.3, 0.4) is 0 Å². The van der Waals surface area contributed by atoms with Crippen molar-refractivity contribution in [1.82, 2.24) is 9.47 Å². The minimum atomic E-state index is -0.140. The van der Waals surface area contributed by atoms with Gasteiger partial charge in [-0.2, -0.15) is 0 Å². The van der Waals surface area contributed by atoms with Crippen molar-refractivity contribution in [3.63, 3.8) is 0 Å². The summed E-state index contributed by atoms with van der Waals surface area (Å²) in [7, 11) is 5.17. The summed E-state index contributed by atoms with van der Waals surface area (Å²) in [5.74, 6) is 1.19. The summed E-state index contributed by atoms with van der Waals surface area (Å²) in [5, 5.41) is 0.839. The zero-order valence-electron chi connectivity index (χ0n) is 17.2. The first-order valence-corrected chi connectivity index (χ1v) is 10.2. The fourth-order valence-corrected chi connectivity index (χ4v) is 3.73. The van der Waals surface area contributed by atoms with Gasteiger partial charge >= 0.3 is 0 Å². The number of halogens is 2. The molecule has 1 heterocycles. The third kappa shape index (κ3) is 5.10. The van der Waals surface area contributed by atoms with E-state index in [2.05, 4.69) is 0 Å². The summed E-state index contributed by atoms with van der Waals surface area (Å²) >= 11 is 12.3. The number of carbonyl (C=O) groups is 1. The van der Waals surface area contributed by atoms with Gasteiger partial charge in [-0.25, -0.2) is 0 Å². The van der Waals surface area contributed by atoms with Gasteiger partial charge in [-0.15, -0.1) is 0 Å². The molecule has 5 nitrogen and oxygen atoms in total. The van der Waals surface area contributed by atoms with Crippen molar-refractivity contribution in [2.24, 2.45) is 7.05 Å². The van der Waals surface area contributed by atoms with Crippen LogP contribution in [0, 0.1) is 0 Å². The molecule has 1 amide bonds. The summed E-state index contributed by atoms with van der Waals surface area (Å²) < 4.78 is 12.7. The van der Waals surface area contributed by atoms with E-state index in [1.165, 1.54) is 0 Å². The van der Waals surface area contributed by atoms with Gasteiger partial charge in [-0.3, -0.25) is 4.79 Å². The van der Waals surface area contributed by atoms with Crippen LogP contribution in [0.25, 0.3) is 0 Å². The Hall–Kier alpha value is -2.63. The minimum absolute atomic E-state index is 0.140. The van der Waals surface area contributed by atoms with E-state index in [0.717, 1.165) is 11.3 Å². The highest BCUT2D eigenvalue weighted by atomic mass is 35.5. The number of benzene rings is 2. The molecule has 0 aliphatic carbocycles. The standard InChI is InChI=1S/C23H24Cl2N2O3/c1-26-11-4-5-18(26)15-27(23(28)19-8-7-17(24)14-20(19)25)12-10-16-6-9-21(29-2)22(13-16)30-3/h4-9,11,13-14H,10,12,15H2,1-3H3. The van der Waals surface area contributed by atoms with Crippen molar-refractivity contribution in [3.05, 3.63) is 81.6 Å². The normalized spacial score (nSPS) is 10.7. The Morgan fingerprint density at radius 3 is 2.43 bits per heavy atom. The molecule has 3 rings (SSSR count). The molecule has 0 atom stereocenters. The second-order valence-corrected chi connectivity index (χ2v) is 7.74. The van der Waals surface area contributed by atoms with Gasteiger partial charge in [0.2, 0.25) is 0 Å². The predicted molar refractivity (Wildman–Crippen MR) is 120 cm³/mol. The number of carbonyl (C=O) groups excluding carboxylic acids is 1. The molecule has 2 aromatic carbocycles. The van der Waals surface area contributed by atoms with Crippen LogP contribution >= 0.6 is 23.2 Å². The van der Waals surface area contributed by atoms with Crippen molar-refractivity contribution in [2.45, 2.75) is 13.0 Å². The molecule has 7 heteroatoms. The van der Waals surface area contributed by atoms with Gasteiger partial charge in [0.25, 0.3) is 5.91 Å². The Labute approximate surface area is 186 Å². The summed E-state index contributed by atoms with van der Waals surface area (Å²) in [6, 6.07) is 14.7. The van der Waals surface area contributed by atoms with E-state index in [9.17, 15) is 4.79 Å². The Kier molecular flexibility index (Phi) is 7.29. The number of hydrogen-bond donors (Lipinski definition) is 0. The van der Waals surface area contributed by atoms with Crippen molar-refractivity contribution in [1.29, 1.82) is 0 Å². The summed E-state index contributed by atoms with van der Waals surface area (Å²) in [6.45, 7) is 0.979. The van der Waals surface area contributed by atoms with Gasteiger partial charge in [0.15, 0.2) is 11.5 Å². The van der Waals surface area contributed by atoms with Crippen molar-refractivity contribution >= 4 is 29.1 Å². The first-order chi connectivity index (χ1) is 14.4. The summed E-state index contributed by atoms with van der Waals surface area (Å²) in [4.78, 5) is 15.1. The highest BCUT2D eigenvalue weighted by Crippen LogP contribution is 2.28. The second-order valence-electron chi connectivity index (χ2n) is 6.90. The lowest BCUT2D eigenvalue weighted by atomic mass is 10.1. The third-order valence-corrected chi connectivity index (χ3v) is 5.52. The lowest BCUT2D eigenvalue weighted by molar-refractivity contribution is 0.0742. The predicted octanol–water partition coefficient (Wildman–Crippen LogP) is 5.23. The fraction of sp³-hybridized carbons (Fsp3) is 0.261. The first kappa shape index (κ1) is 22.1. The zero-order chi connectivity index (χ0) is 21.7. The van der Waals surface area contributed by atoms with Gasteiger partial charge in [-0.05, 0) is 54.4 Å². The molecule has 0 radical (unpaired) electrons. The highest BCUT2D eigenvalue weighted by molar-refractivity contribution is 6.36. The smallest absolute Gasteiger partial charge is 0.255 e. The summed E-state index contributed by atoms with van der Waals surface area (Å²) in [5.41, 5.74) is 2.50. The molecule has 0 spiro atoms. The van der Waals surface area contributed by atoms with Crippen LogP contribution in [0.1, 0.15) is 21.6 Å². The maximum absolute atomic E-state index is 13.3. The first-order valence-electron chi connectivity index (χ1n) is 9.48. The van der Waals surface area contributed by atoms with E-state index >= 15 is 0 Å². The van der Waals surface area contributed by atoms with Crippen LogP contribution in [0.15, 0.2) is 54.7 Å². The Morgan fingerprint density at radius 2 is 1.80 bits per heavy atom. The van der Waals surface area contributed by atoms with E-state index in [1.54, 1.807) is 37.3 Å². The van der Waals surface area contributed by atoms with E-state index in [1.807, 2.05) is 48.1 Å². The maximum Gasteiger partial charge on any atom is 0.255 e. The number of aromatic nitrogens is 1. The van der Waals surface area contributed by atoms with Crippen molar-refractivity contribution in [2.75, 3.05) is 20.8 Å². The van der Waals surface area contributed by atoms with E-state index in [4.69, 9.17) is 32.7 Å². The largest absolute Gasteiger partial charge is 0.493 e. The van der Waals surface area contributed by atoms with Crippen LogP contribution in [0.2, 0.25) is 10.0 Å². The molecule has 0 N–H and O–H groups in total. The van der Waals surface area contributed by atoms with Crippen molar-refractivity contribution < 1.29 is 14.3 Å². The molecular formula is C23H24Cl2N2O3. The zero-order valence-corrected chi connectivity index (χ0v) is 18.7. The molecule has 0 fully saturated rings. The average molecular weight is 447 g/mol. The molecule has 3 aromatic rings. The number of methoxy groups -OCH3 is 2. The minimum Gasteiger partial charge on any atom is -0.493 e. The Balaban J connectivity index is 1.84. The van der Waals surface area contributed by atoms with Gasteiger partial charge in [0.05, 0.1) is 31.4 Å².